The molecular weight excluding hydrogens is 258 g/mol. The zero-order chi connectivity index (χ0) is 15.1. The third-order valence-corrected chi connectivity index (χ3v) is 4.43. The van der Waals surface area contributed by atoms with Crippen LogP contribution in [0.2, 0.25) is 0 Å². The molecule has 0 aliphatic carbocycles. The molecule has 21 heavy (non-hydrogen) atoms. The lowest BCUT2D eigenvalue weighted by Crippen LogP contribution is -2.45. The number of nitriles is 1. The average Bonchev–Trinajstić information content (AvgIpc) is 2.52. The third-order valence-electron chi connectivity index (χ3n) is 4.43. The molecule has 0 radical (unpaired) electrons. The maximum Gasteiger partial charge on any atom is 0.0994 e. The highest BCUT2D eigenvalue weighted by atomic mass is 15.2. The van der Waals surface area contributed by atoms with Crippen LogP contribution in [0.25, 0.3) is 0 Å². The molecule has 1 heterocycles. The standard InChI is InChI=1S/C18H27N3/c1-3-4-5-6-18(21-11-9-20-10-12-21)16-7-8-17(14-19)15(2)13-16/h7-8,13,18,20H,3-6,9-12H2,1-2H3. The summed E-state index contributed by atoms with van der Waals surface area (Å²) in [5.74, 6) is 0. The van der Waals surface area contributed by atoms with Crippen molar-refractivity contribution >= 4 is 0 Å². The zero-order valence-electron chi connectivity index (χ0n) is 13.4. The van der Waals surface area contributed by atoms with Gasteiger partial charge in [0, 0.05) is 32.2 Å². The van der Waals surface area contributed by atoms with E-state index in [1.807, 2.05) is 13.0 Å². The van der Waals surface area contributed by atoms with Crippen LogP contribution >= 0.6 is 0 Å². The monoisotopic (exact) mass is 285 g/mol. The van der Waals surface area contributed by atoms with E-state index in [1.54, 1.807) is 0 Å². The molecule has 0 amide bonds. The minimum Gasteiger partial charge on any atom is -0.314 e. The Labute approximate surface area is 129 Å². The summed E-state index contributed by atoms with van der Waals surface area (Å²) < 4.78 is 0. The van der Waals surface area contributed by atoms with Gasteiger partial charge in [-0.25, -0.2) is 0 Å². The lowest BCUT2D eigenvalue weighted by Gasteiger charge is -2.35. The number of unbranched alkanes of at least 4 members (excludes halogenated alkanes) is 2. The van der Waals surface area contributed by atoms with Gasteiger partial charge in [0.1, 0.15) is 0 Å². The number of nitrogens with one attached hydrogen (secondary N) is 1. The Morgan fingerprint density at radius 1 is 1.29 bits per heavy atom. The highest BCUT2D eigenvalue weighted by Gasteiger charge is 2.22. The Hall–Kier alpha value is -1.37. The second-order valence-corrected chi connectivity index (χ2v) is 5.98. The molecule has 3 heteroatoms. The molecule has 1 saturated heterocycles. The van der Waals surface area contributed by atoms with Crippen LogP contribution in [0.15, 0.2) is 18.2 Å². The summed E-state index contributed by atoms with van der Waals surface area (Å²) >= 11 is 0. The highest BCUT2D eigenvalue weighted by molar-refractivity contribution is 5.40. The van der Waals surface area contributed by atoms with Crippen LogP contribution in [0, 0.1) is 18.3 Å². The van der Waals surface area contributed by atoms with E-state index in [0.717, 1.165) is 37.3 Å². The predicted octanol–water partition coefficient (Wildman–Crippen LogP) is 3.39. The van der Waals surface area contributed by atoms with Crippen LogP contribution in [-0.4, -0.2) is 31.1 Å². The van der Waals surface area contributed by atoms with E-state index in [0.29, 0.717) is 6.04 Å². The molecule has 1 atom stereocenters. The summed E-state index contributed by atoms with van der Waals surface area (Å²) in [7, 11) is 0. The molecule has 0 saturated carbocycles. The van der Waals surface area contributed by atoms with Gasteiger partial charge in [-0.2, -0.15) is 5.26 Å². The van der Waals surface area contributed by atoms with Gasteiger partial charge in [-0.05, 0) is 30.5 Å². The summed E-state index contributed by atoms with van der Waals surface area (Å²) in [6.07, 6.45) is 5.07. The number of benzene rings is 1. The van der Waals surface area contributed by atoms with Crippen molar-refractivity contribution in [3.8, 4) is 6.07 Å². The normalized spacial score (nSPS) is 17.4. The summed E-state index contributed by atoms with van der Waals surface area (Å²) in [5, 5.41) is 12.5. The first-order valence-corrected chi connectivity index (χ1v) is 8.21. The Bertz CT molecular complexity index is 484. The average molecular weight is 285 g/mol. The second-order valence-electron chi connectivity index (χ2n) is 5.98. The van der Waals surface area contributed by atoms with Crippen molar-refractivity contribution in [2.75, 3.05) is 26.2 Å². The number of aryl methyl sites for hydroxylation is 1. The molecule has 1 aliphatic heterocycles. The fourth-order valence-electron chi connectivity index (χ4n) is 3.16. The fourth-order valence-corrected chi connectivity index (χ4v) is 3.16. The van der Waals surface area contributed by atoms with Gasteiger partial charge in [-0.3, -0.25) is 4.90 Å². The zero-order valence-corrected chi connectivity index (χ0v) is 13.4. The van der Waals surface area contributed by atoms with Crippen LogP contribution in [0.1, 0.15) is 55.3 Å². The van der Waals surface area contributed by atoms with Crippen molar-refractivity contribution in [1.82, 2.24) is 10.2 Å². The molecule has 0 bridgehead atoms. The molecule has 1 N–H and O–H groups in total. The molecular formula is C18H27N3. The molecule has 1 aromatic carbocycles. The largest absolute Gasteiger partial charge is 0.314 e. The summed E-state index contributed by atoms with van der Waals surface area (Å²) in [4.78, 5) is 2.60. The highest BCUT2D eigenvalue weighted by Crippen LogP contribution is 2.28. The number of hydrogen-bond acceptors (Lipinski definition) is 3. The van der Waals surface area contributed by atoms with Crippen LogP contribution in [0.3, 0.4) is 0 Å². The number of hydrogen-bond donors (Lipinski definition) is 1. The molecule has 0 spiro atoms. The smallest absolute Gasteiger partial charge is 0.0994 e. The van der Waals surface area contributed by atoms with E-state index >= 15 is 0 Å². The summed E-state index contributed by atoms with van der Waals surface area (Å²) in [6.45, 7) is 8.71. The van der Waals surface area contributed by atoms with E-state index < -0.39 is 0 Å². The van der Waals surface area contributed by atoms with Crippen molar-refractivity contribution < 1.29 is 0 Å². The maximum atomic E-state index is 9.10. The van der Waals surface area contributed by atoms with E-state index in [4.69, 9.17) is 5.26 Å². The van der Waals surface area contributed by atoms with Crippen LogP contribution < -0.4 is 5.32 Å². The maximum absolute atomic E-state index is 9.10. The van der Waals surface area contributed by atoms with Crippen molar-refractivity contribution in [3.05, 3.63) is 34.9 Å². The van der Waals surface area contributed by atoms with Crippen LogP contribution in [0.4, 0.5) is 0 Å². The van der Waals surface area contributed by atoms with Gasteiger partial charge < -0.3 is 5.32 Å². The second kappa shape index (κ2) is 8.17. The first-order valence-electron chi connectivity index (χ1n) is 8.21. The van der Waals surface area contributed by atoms with Crippen molar-refractivity contribution in [3.63, 3.8) is 0 Å². The van der Waals surface area contributed by atoms with Gasteiger partial charge in [0.15, 0.2) is 0 Å². The van der Waals surface area contributed by atoms with Crippen LogP contribution in [0.5, 0.6) is 0 Å². The van der Waals surface area contributed by atoms with Crippen molar-refractivity contribution in [2.45, 2.75) is 45.6 Å². The fraction of sp³-hybridized carbons (Fsp3) is 0.611. The Kier molecular flexibility index (Phi) is 6.22. The minimum atomic E-state index is 0.505. The lowest BCUT2D eigenvalue weighted by atomic mass is 9.95. The Morgan fingerprint density at radius 2 is 2.05 bits per heavy atom. The first kappa shape index (κ1) is 16.0. The lowest BCUT2D eigenvalue weighted by molar-refractivity contribution is 0.162. The Morgan fingerprint density at radius 3 is 2.67 bits per heavy atom. The van der Waals surface area contributed by atoms with Gasteiger partial charge in [0.2, 0.25) is 0 Å². The topological polar surface area (TPSA) is 39.1 Å². The molecule has 0 aromatic heterocycles. The summed E-state index contributed by atoms with van der Waals surface area (Å²) in [6, 6.07) is 9.14. The number of rotatable bonds is 6. The minimum absolute atomic E-state index is 0.505. The number of nitrogens with zero attached hydrogens (tertiary/aromatic N) is 2. The molecule has 1 aromatic rings. The summed E-state index contributed by atoms with van der Waals surface area (Å²) in [5.41, 5.74) is 3.28. The molecule has 114 valence electrons. The molecule has 1 fully saturated rings. The van der Waals surface area contributed by atoms with Crippen LogP contribution in [-0.2, 0) is 0 Å². The van der Waals surface area contributed by atoms with Crippen molar-refractivity contribution in [1.29, 1.82) is 5.26 Å². The van der Waals surface area contributed by atoms with Gasteiger partial charge >= 0.3 is 0 Å². The van der Waals surface area contributed by atoms with Gasteiger partial charge in [0.25, 0.3) is 0 Å². The van der Waals surface area contributed by atoms with E-state index in [-0.39, 0.29) is 0 Å². The van der Waals surface area contributed by atoms with Gasteiger partial charge in [-0.1, -0.05) is 38.3 Å². The van der Waals surface area contributed by atoms with Gasteiger partial charge in [0.05, 0.1) is 11.6 Å². The van der Waals surface area contributed by atoms with Crippen molar-refractivity contribution in [2.24, 2.45) is 0 Å². The quantitative estimate of drug-likeness (QED) is 0.814. The van der Waals surface area contributed by atoms with E-state index in [1.165, 1.54) is 31.2 Å². The SMILES string of the molecule is CCCCCC(c1ccc(C#N)c(C)c1)N1CCNCC1. The molecule has 1 unspecified atom stereocenters. The van der Waals surface area contributed by atoms with E-state index in [9.17, 15) is 0 Å². The molecule has 1 aliphatic rings. The Balaban J connectivity index is 2.16. The van der Waals surface area contributed by atoms with Gasteiger partial charge in [-0.15, -0.1) is 0 Å². The third kappa shape index (κ3) is 4.30. The van der Waals surface area contributed by atoms with E-state index in [2.05, 4.69) is 35.3 Å². The number of piperazine rings is 1. The first-order chi connectivity index (χ1) is 10.3. The molecule has 2 rings (SSSR count). The predicted molar refractivity (Wildman–Crippen MR) is 87.2 cm³/mol. The molecule has 3 nitrogen and oxygen atoms in total.